The summed E-state index contributed by atoms with van der Waals surface area (Å²) in [6.45, 7) is 12.9. The fraction of sp³-hybridized carbons (Fsp3) is 0.556. The Labute approximate surface area is 186 Å². The summed E-state index contributed by atoms with van der Waals surface area (Å²) in [6.07, 6.45) is 7.31. The molecule has 166 valence electrons. The van der Waals surface area contributed by atoms with Crippen molar-refractivity contribution >= 4 is 23.1 Å². The van der Waals surface area contributed by atoms with Crippen molar-refractivity contribution in [2.75, 3.05) is 10.2 Å². The van der Waals surface area contributed by atoms with E-state index in [0.29, 0.717) is 18.8 Å². The van der Waals surface area contributed by atoms with Gasteiger partial charge in [-0.1, -0.05) is 64.5 Å². The number of carbonyl (C=O) groups is 2. The zero-order chi connectivity index (χ0) is 22.6. The molecule has 4 heteroatoms. The largest absolute Gasteiger partial charge is 0.357 e. The summed E-state index contributed by atoms with van der Waals surface area (Å²) in [5.74, 6) is 0.410. The molecule has 0 aromatic heterocycles. The van der Waals surface area contributed by atoms with Crippen LogP contribution in [0.4, 0.5) is 11.4 Å². The van der Waals surface area contributed by atoms with Crippen LogP contribution in [0, 0.1) is 22.7 Å². The van der Waals surface area contributed by atoms with Gasteiger partial charge in [0.2, 0.25) is 5.91 Å². The highest BCUT2D eigenvalue weighted by Gasteiger charge is 2.47. The molecular weight excluding hydrogens is 384 g/mol. The molecule has 0 radical (unpaired) electrons. The molecule has 0 saturated carbocycles. The van der Waals surface area contributed by atoms with Crippen LogP contribution < -0.4 is 10.2 Å². The molecule has 0 unspecified atom stereocenters. The predicted molar refractivity (Wildman–Crippen MR) is 127 cm³/mol. The van der Waals surface area contributed by atoms with Gasteiger partial charge in [-0.05, 0) is 48.6 Å². The number of rotatable bonds is 3. The Morgan fingerprint density at radius 2 is 1.90 bits per heavy atom. The van der Waals surface area contributed by atoms with Gasteiger partial charge in [0.15, 0.2) is 0 Å². The average molecular weight is 421 g/mol. The number of nitrogens with one attached hydrogen (secondary N) is 1. The standard InChI is InChI=1S/C27H36N2O2/c1-7-24(31)29-21-11-9-8-10-19(21)28-20-15-26(3,4)16-23(30)25(20)22(29)14-18-13-12-17(2)27(18,5)6/h8-12,15,18,22,25,28H,7,13-14,16H2,1-6H3/t18-,22-,25-/m0/s1. The molecule has 3 aliphatic rings. The third-order valence-electron chi connectivity index (χ3n) is 7.86. The summed E-state index contributed by atoms with van der Waals surface area (Å²) in [4.78, 5) is 28.9. The van der Waals surface area contributed by atoms with E-state index >= 15 is 0 Å². The van der Waals surface area contributed by atoms with Crippen molar-refractivity contribution in [1.82, 2.24) is 0 Å². The summed E-state index contributed by atoms with van der Waals surface area (Å²) in [7, 11) is 0. The minimum Gasteiger partial charge on any atom is -0.357 e. The van der Waals surface area contributed by atoms with Gasteiger partial charge in [0.05, 0.1) is 23.3 Å². The maximum Gasteiger partial charge on any atom is 0.227 e. The summed E-state index contributed by atoms with van der Waals surface area (Å²) >= 11 is 0. The lowest BCUT2D eigenvalue weighted by Gasteiger charge is -2.42. The lowest BCUT2D eigenvalue weighted by molar-refractivity contribution is -0.125. The number of carbonyl (C=O) groups excluding carboxylic acids is 2. The van der Waals surface area contributed by atoms with Gasteiger partial charge in [-0.2, -0.15) is 0 Å². The number of para-hydroxylation sites is 2. The molecule has 1 heterocycles. The monoisotopic (exact) mass is 420 g/mol. The third kappa shape index (κ3) is 3.75. The third-order valence-corrected chi connectivity index (χ3v) is 7.86. The van der Waals surface area contributed by atoms with E-state index in [0.717, 1.165) is 29.9 Å². The van der Waals surface area contributed by atoms with Crippen molar-refractivity contribution in [1.29, 1.82) is 0 Å². The summed E-state index contributed by atoms with van der Waals surface area (Å²) in [5, 5.41) is 3.57. The maximum absolute atomic E-state index is 13.6. The van der Waals surface area contributed by atoms with E-state index in [4.69, 9.17) is 0 Å². The fourth-order valence-corrected chi connectivity index (χ4v) is 5.71. The molecular formula is C27H36N2O2. The molecule has 2 aliphatic carbocycles. The van der Waals surface area contributed by atoms with Crippen LogP contribution in [0.3, 0.4) is 0 Å². The van der Waals surface area contributed by atoms with Crippen LogP contribution in [0.5, 0.6) is 0 Å². The highest BCUT2D eigenvalue weighted by atomic mass is 16.2. The maximum atomic E-state index is 13.6. The summed E-state index contributed by atoms with van der Waals surface area (Å²) in [5.41, 5.74) is 4.05. The topological polar surface area (TPSA) is 49.4 Å². The zero-order valence-corrected chi connectivity index (χ0v) is 19.8. The first-order valence-electron chi connectivity index (χ1n) is 11.7. The number of nitrogens with zero attached hydrogens (tertiary/aromatic N) is 1. The van der Waals surface area contributed by atoms with E-state index in [1.54, 1.807) is 0 Å². The molecule has 1 aliphatic heterocycles. The van der Waals surface area contributed by atoms with E-state index in [1.165, 1.54) is 5.57 Å². The molecule has 1 aromatic carbocycles. The van der Waals surface area contributed by atoms with Crippen molar-refractivity contribution in [3.05, 3.63) is 47.7 Å². The van der Waals surface area contributed by atoms with E-state index in [2.05, 4.69) is 52.1 Å². The van der Waals surface area contributed by atoms with Gasteiger partial charge >= 0.3 is 0 Å². The fourth-order valence-electron chi connectivity index (χ4n) is 5.71. The molecule has 4 rings (SSSR count). The number of benzene rings is 1. The first-order valence-corrected chi connectivity index (χ1v) is 11.7. The van der Waals surface area contributed by atoms with Gasteiger partial charge in [0.25, 0.3) is 0 Å². The second-order valence-corrected chi connectivity index (χ2v) is 10.8. The molecule has 0 bridgehead atoms. The normalized spacial score (nSPS) is 28.6. The second kappa shape index (κ2) is 7.65. The first-order chi connectivity index (χ1) is 14.5. The van der Waals surface area contributed by atoms with Gasteiger partial charge < -0.3 is 10.2 Å². The van der Waals surface area contributed by atoms with Crippen LogP contribution >= 0.6 is 0 Å². The molecule has 3 atom stereocenters. The lowest BCUT2D eigenvalue weighted by atomic mass is 9.69. The molecule has 31 heavy (non-hydrogen) atoms. The van der Waals surface area contributed by atoms with Gasteiger partial charge in [0, 0.05) is 18.5 Å². The van der Waals surface area contributed by atoms with Gasteiger partial charge in [-0.3, -0.25) is 9.59 Å². The zero-order valence-electron chi connectivity index (χ0n) is 19.8. The highest BCUT2D eigenvalue weighted by Crippen LogP contribution is 2.50. The number of allylic oxidation sites excluding steroid dienone is 3. The Morgan fingerprint density at radius 3 is 2.55 bits per heavy atom. The predicted octanol–water partition coefficient (Wildman–Crippen LogP) is 6.11. The summed E-state index contributed by atoms with van der Waals surface area (Å²) < 4.78 is 0. The second-order valence-electron chi connectivity index (χ2n) is 10.8. The number of ketones is 1. The Hall–Kier alpha value is -2.36. The molecule has 4 nitrogen and oxygen atoms in total. The number of fused-ring (bicyclic) bond motifs is 2. The number of anilines is 2. The SMILES string of the molecule is CCC(=O)N1c2ccccc2NC2=CC(C)(C)CC(=O)[C@@H]2[C@@H]1C[C@@H]1CC=C(C)C1(C)C. The Kier molecular flexibility index (Phi) is 5.39. The van der Waals surface area contributed by atoms with E-state index in [-0.39, 0.29) is 34.5 Å². The summed E-state index contributed by atoms with van der Waals surface area (Å²) in [6, 6.07) is 7.82. The minimum absolute atomic E-state index is 0.0705. The Balaban J connectivity index is 1.86. The van der Waals surface area contributed by atoms with Crippen LogP contribution in [-0.2, 0) is 9.59 Å². The van der Waals surface area contributed by atoms with Crippen molar-refractivity contribution < 1.29 is 9.59 Å². The quantitative estimate of drug-likeness (QED) is 0.601. The average Bonchev–Trinajstić information content (AvgIpc) is 2.86. The number of hydrogen-bond acceptors (Lipinski definition) is 3. The van der Waals surface area contributed by atoms with Crippen LogP contribution in [0.15, 0.2) is 47.7 Å². The Morgan fingerprint density at radius 1 is 1.19 bits per heavy atom. The van der Waals surface area contributed by atoms with Crippen molar-refractivity contribution in [3.8, 4) is 0 Å². The molecule has 1 aromatic rings. The molecule has 1 amide bonds. The van der Waals surface area contributed by atoms with E-state index < -0.39 is 0 Å². The minimum atomic E-state index is -0.312. The van der Waals surface area contributed by atoms with Gasteiger partial charge in [-0.25, -0.2) is 0 Å². The lowest BCUT2D eigenvalue weighted by Crippen LogP contribution is -2.50. The molecule has 0 saturated heterocycles. The van der Waals surface area contributed by atoms with Crippen LogP contribution in [0.1, 0.15) is 67.2 Å². The van der Waals surface area contributed by atoms with Crippen LogP contribution in [0.2, 0.25) is 0 Å². The van der Waals surface area contributed by atoms with Crippen molar-refractivity contribution in [3.63, 3.8) is 0 Å². The smallest absolute Gasteiger partial charge is 0.227 e. The number of amides is 1. The van der Waals surface area contributed by atoms with Crippen LogP contribution in [0.25, 0.3) is 0 Å². The Bertz CT molecular complexity index is 969. The van der Waals surface area contributed by atoms with Crippen molar-refractivity contribution in [2.45, 2.75) is 73.3 Å². The molecule has 1 N–H and O–H groups in total. The molecule has 0 spiro atoms. The van der Waals surface area contributed by atoms with Crippen LogP contribution in [-0.4, -0.2) is 17.7 Å². The number of hydrogen-bond donors (Lipinski definition) is 1. The first kappa shape index (κ1) is 21.9. The van der Waals surface area contributed by atoms with Gasteiger partial charge in [0.1, 0.15) is 5.78 Å². The van der Waals surface area contributed by atoms with E-state index in [1.807, 2.05) is 36.1 Å². The van der Waals surface area contributed by atoms with E-state index in [9.17, 15) is 9.59 Å². The molecule has 0 fully saturated rings. The number of Topliss-reactive ketones (excluding diaryl/α,β-unsaturated/α-hetero) is 1. The highest BCUT2D eigenvalue weighted by molar-refractivity contribution is 6.00. The van der Waals surface area contributed by atoms with Crippen molar-refractivity contribution in [2.24, 2.45) is 22.7 Å². The van der Waals surface area contributed by atoms with Gasteiger partial charge in [-0.15, -0.1) is 0 Å².